The number of hydrogen-bond donors (Lipinski definition) is 1. The Morgan fingerprint density at radius 3 is 0.889 bits per heavy atom. The number of alkyl halides is 17. The average Bonchev–Trinajstić information content (AvgIpc) is 3.18. The van der Waals surface area contributed by atoms with Crippen molar-refractivity contribution in [2.45, 2.75) is 53.4 Å². The topological polar surface area (TPSA) is 54.4 Å². The second-order valence-corrected chi connectivity index (χ2v) is 7.40. The fourth-order valence-electron chi connectivity index (χ4n) is 1.65. The van der Waals surface area contributed by atoms with Crippen molar-refractivity contribution in [1.29, 1.82) is 0 Å². The summed E-state index contributed by atoms with van der Waals surface area (Å²) in [6, 6.07) is 0. The number of allylic oxidation sites excluding steroid dienone is 4. The van der Waals surface area contributed by atoms with Crippen LogP contribution in [-0.4, -0.2) is 59.9 Å². The summed E-state index contributed by atoms with van der Waals surface area (Å²) in [5.74, 6) is -52.0. The molecule has 0 radical (unpaired) electrons. The smallest absolute Gasteiger partial charge is 0.358 e. The van der Waals surface area contributed by atoms with E-state index >= 15 is 0 Å². The summed E-state index contributed by atoms with van der Waals surface area (Å²) >= 11 is 0. The third-order valence-corrected chi connectivity index (χ3v) is 4.51. The van der Waals surface area contributed by atoms with Crippen LogP contribution in [-0.2, 0) is 36.3 Å². The molecule has 1 aliphatic carbocycles. The van der Waals surface area contributed by atoms with Gasteiger partial charge in [-0.25, -0.2) is 12.2 Å². The molecule has 0 aromatic heterocycles. The van der Waals surface area contributed by atoms with Gasteiger partial charge in [-0.1, -0.05) is 0 Å². The average molecular weight is 807 g/mol. The van der Waals surface area contributed by atoms with Gasteiger partial charge in [0.05, 0.1) is 0 Å². The summed E-state index contributed by atoms with van der Waals surface area (Å²) in [4.78, 5) is 0. The molecular weight excluding hydrogens is 771 g/mol. The predicted molar refractivity (Wildman–Crippen MR) is 138 cm³/mol. The molecule has 0 aromatic rings. The van der Waals surface area contributed by atoms with E-state index < -0.39 is 57.1 Å². The van der Waals surface area contributed by atoms with E-state index in [1.54, 1.807) is 0 Å². The van der Waals surface area contributed by atoms with Gasteiger partial charge in [-0.3, -0.25) is 10.6 Å². The van der Waals surface area contributed by atoms with Crippen LogP contribution in [0, 0.1) is 80.3 Å². The molecule has 22 heteroatoms. The molecule has 286 valence electrons. The SMILES string of the molecule is O=S(=O)(O)C(F)(F)C(F)(F)C(F)(F)C(F)(F)C(F)(F)C(F)(F)C(F)(F)C(F)(F)F.[C-]1=CC=CC1.[CH3-].[CH3-].[CH3-].[CH3-].[CH3-].[CH3-].[CH3-].[CH3-].[CH3-].[CH3-].[Zr]. The summed E-state index contributed by atoms with van der Waals surface area (Å²) in [5, 5.41) is -7.84. The molecular formula is C23H36F17O3SZr-11. The molecule has 1 N–H and O–H groups in total. The number of hydrogen-bond acceptors (Lipinski definition) is 2. The first kappa shape index (κ1) is 79.5. The van der Waals surface area contributed by atoms with Gasteiger partial charge in [0.25, 0.3) is 0 Å². The number of halogens is 17. The Morgan fingerprint density at radius 1 is 0.489 bits per heavy atom. The van der Waals surface area contributed by atoms with Crippen LogP contribution in [0.3, 0.4) is 0 Å². The van der Waals surface area contributed by atoms with Gasteiger partial charge in [0.2, 0.25) is 0 Å². The number of rotatable bonds is 7. The van der Waals surface area contributed by atoms with Gasteiger partial charge in [-0.05, 0) is 0 Å². The van der Waals surface area contributed by atoms with Crippen molar-refractivity contribution in [2.75, 3.05) is 0 Å². The normalized spacial score (nSPS) is 12.8. The first-order valence-corrected chi connectivity index (χ1v) is 8.84. The molecule has 0 saturated heterocycles. The van der Waals surface area contributed by atoms with E-state index in [-0.39, 0.29) is 100 Å². The minimum absolute atomic E-state index is 0. The first-order valence-electron chi connectivity index (χ1n) is 7.40. The van der Waals surface area contributed by atoms with Gasteiger partial charge < -0.3 is 74.3 Å². The Bertz CT molecular complexity index is 906. The van der Waals surface area contributed by atoms with E-state index in [9.17, 15) is 83.1 Å². The zero-order chi connectivity index (χ0) is 28.0. The van der Waals surface area contributed by atoms with Crippen LogP contribution in [0.25, 0.3) is 0 Å². The molecule has 0 fully saturated rings. The Balaban J connectivity index is -0.0000000619. The second kappa shape index (κ2) is 22.6. The fraction of sp³-hybridized carbons (Fsp3) is 0.391. The second-order valence-electron chi connectivity index (χ2n) is 5.94. The van der Waals surface area contributed by atoms with Crippen molar-refractivity contribution < 1.29 is 114 Å². The summed E-state index contributed by atoms with van der Waals surface area (Å²) in [7, 11) is -7.89. The van der Waals surface area contributed by atoms with Crippen molar-refractivity contribution in [3.05, 3.63) is 98.6 Å². The third-order valence-electron chi connectivity index (χ3n) is 3.60. The Morgan fingerprint density at radius 2 is 0.733 bits per heavy atom. The van der Waals surface area contributed by atoms with E-state index in [1.807, 2.05) is 12.2 Å². The molecule has 0 amide bonds. The molecule has 3 nitrogen and oxygen atoms in total. The van der Waals surface area contributed by atoms with Crippen LogP contribution in [0.2, 0.25) is 0 Å². The molecule has 0 saturated carbocycles. The molecule has 0 heterocycles. The molecule has 0 aliphatic heterocycles. The van der Waals surface area contributed by atoms with Gasteiger partial charge in [-0.2, -0.15) is 89.1 Å². The van der Waals surface area contributed by atoms with Crippen LogP contribution in [0.5, 0.6) is 0 Å². The summed E-state index contributed by atoms with van der Waals surface area (Å²) in [5.41, 5.74) is 0. The molecule has 1 rings (SSSR count). The standard InChI is InChI=1S/C8HF17O3S.C5H5.10CH3.Zr/c9-1(10,3(13,14)5(17,18)7(21,22)23)2(11,12)4(15,16)6(19,20)8(24,25)29(26,27)28;1-2-4-5-3-1;;;;;;;;;;;/h(H,26,27,28);1-3H,4H2;10*1H3;/q;11*-1;. The maximum Gasteiger partial charge on any atom is 0.460 e. The molecule has 0 unspecified atom stereocenters. The van der Waals surface area contributed by atoms with Gasteiger partial charge in [0, 0.05) is 26.2 Å². The molecule has 0 aromatic carbocycles. The minimum atomic E-state index is -8.89. The summed E-state index contributed by atoms with van der Waals surface area (Å²) < 4.78 is 242. The Hall–Kier alpha value is -0.917. The predicted octanol–water partition coefficient (Wildman–Crippen LogP) is 10.6. The monoisotopic (exact) mass is 805 g/mol. The molecule has 1 aliphatic rings. The van der Waals surface area contributed by atoms with Crippen LogP contribution in [0.1, 0.15) is 6.42 Å². The van der Waals surface area contributed by atoms with Crippen molar-refractivity contribution in [3.63, 3.8) is 0 Å². The van der Waals surface area contributed by atoms with Gasteiger partial charge in [0.1, 0.15) is 0 Å². The molecule has 0 spiro atoms. The largest absolute Gasteiger partial charge is 0.460 e. The van der Waals surface area contributed by atoms with Crippen molar-refractivity contribution in [3.8, 4) is 0 Å². The van der Waals surface area contributed by atoms with E-state index in [2.05, 4.69) is 12.2 Å². The van der Waals surface area contributed by atoms with Crippen LogP contribution < -0.4 is 0 Å². The van der Waals surface area contributed by atoms with Gasteiger partial charge in [0.15, 0.2) is 0 Å². The van der Waals surface area contributed by atoms with Gasteiger partial charge >= 0.3 is 57.1 Å². The van der Waals surface area contributed by atoms with Crippen LogP contribution in [0.4, 0.5) is 74.6 Å². The fourth-order valence-corrected chi connectivity index (χ4v) is 2.10. The first-order chi connectivity index (χ1) is 14.5. The van der Waals surface area contributed by atoms with Crippen molar-refractivity contribution in [2.24, 2.45) is 0 Å². The molecule has 0 bridgehead atoms. The Labute approximate surface area is 275 Å². The molecule has 45 heavy (non-hydrogen) atoms. The van der Waals surface area contributed by atoms with Crippen LogP contribution in [0.15, 0.2) is 18.2 Å². The maximum atomic E-state index is 13.0. The summed E-state index contributed by atoms with van der Waals surface area (Å²) in [6.45, 7) is 0. The van der Waals surface area contributed by atoms with Crippen molar-refractivity contribution in [1.82, 2.24) is 0 Å². The van der Waals surface area contributed by atoms with Gasteiger partial charge in [-0.15, -0.1) is 6.42 Å². The van der Waals surface area contributed by atoms with E-state index in [1.165, 1.54) is 0 Å². The summed E-state index contributed by atoms with van der Waals surface area (Å²) in [6.07, 6.45) is 2.12. The Kier molecular flexibility index (Phi) is 40.0. The zero-order valence-electron chi connectivity index (χ0n) is 25.5. The van der Waals surface area contributed by atoms with E-state index in [0.29, 0.717) is 0 Å². The maximum absolute atomic E-state index is 13.0. The third kappa shape index (κ3) is 12.6. The molecule has 0 atom stereocenters. The quantitative estimate of drug-likeness (QED) is 0.158. The zero-order valence-corrected chi connectivity index (χ0v) is 28.8. The van der Waals surface area contributed by atoms with E-state index in [4.69, 9.17) is 4.55 Å². The minimum Gasteiger partial charge on any atom is -0.358 e. The van der Waals surface area contributed by atoms with Crippen molar-refractivity contribution >= 4 is 10.1 Å². The van der Waals surface area contributed by atoms with E-state index in [0.717, 1.165) is 6.42 Å². The van der Waals surface area contributed by atoms with Crippen LogP contribution >= 0.6 is 0 Å².